The third kappa shape index (κ3) is 2.48. The first-order chi connectivity index (χ1) is 7.27. The molecule has 0 aromatic heterocycles. The molecule has 1 aromatic carbocycles. The van der Waals surface area contributed by atoms with Crippen LogP contribution in [0.1, 0.15) is 30.9 Å². The summed E-state index contributed by atoms with van der Waals surface area (Å²) in [5, 5.41) is 3.48. The molecule has 0 amide bonds. The van der Waals surface area contributed by atoms with Gasteiger partial charge in [0.15, 0.2) is 0 Å². The molecule has 0 saturated heterocycles. The summed E-state index contributed by atoms with van der Waals surface area (Å²) < 4.78 is 0. The molecule has 0 spiro atoms. The quantitative estimate of drug-likeness (QED) is 0.583. The minimum atomic E-state index is 0.742. The zero-order valence-corrected chi connectivity index (χ0v) is 9.59. The summed E-state index contributed by atoms with van der Waals surface area (Å²) in [6, 6.07) is 8.76. The van der Waals surface area contributed by atoms with Gasteiger partial charge in [-0.05, 0) is 31.4 Å². The maximum absolute atomic E-state index is 3.48. The molecule has 0 heterocycles. The van der Waals surface area contributed by atoms with Gasteiger partial charge in [0, 0.05) is 19.0 Å². The highest BCUT2D eigenvalue weighted by molar-refractivity contribution is 5.40. The van der Waals surface area contributed by atoms with Gasteiger partial charge in [0.05, 0.1) is 0 Å². The molecule has 1 N–H and O–H groups in total. The van der Waals surface area contributed by atoms with E-state index < -0.39 is 0 Å². The van der Waals surface area contributed by atoms with E-state index in [1.54, 1.807) is 5.56 Å². The van der Waals surface area contributed by atoms with Gasteiger partial charge >= 0.3 is 0 Å². The first kappa shape index (κ1) is 10.4. The molecule has 1 heteroatoms. The number of hydrogen-bond donors (Lipinski definition) is 1. The minimum absolute atomic E-state index is 0.742. The number of rotatable bonds is 4. The molecular weight excluding hydrogens is 182 g/mol. The molecule has 80 valence electrons. The Morgan fingerprint density at radius 2 is 2.20 bits per heavy atom. The Bertz CT molecular complexity index is 361. The number of benzene rings is 1. The van der Waals surface area contributed by atoms with Crippen LogP contribution in [0.15, 0.2) is 35.9 Å². The first-order valence-electron chi connectivity index (χ1n) is 5.69. The van der Waals surface area contributed by atoms with Crippen LogP contribution in [-0.4, -0.2) is 13.1 Å². The van der Waals surface area contributed by atoms with Crippen LogP contribution in [0.4, 0.5) is 0 Å². The molecule has 2 rings (SSSR count). The fourth-order valence-electron chi connectivity index (χ4n) is 2.08. The van der Waals surface area contributed by atoms with Crippen LogP contribution in [0.5, 0.6) is 0 Å². The maximum Gasteiger partial charge on any atom is 0.0137 e. The SMILES string of the molecule is CC(C)=CCNCC1Cc2ccccc21. The van der Waals surface area contributed by atoms with Gasteiger partial charge in [0.2, 0.25) is 0 Å². The molecule has 1 atom stereocenters. The molecule has 15 heavy (non-hydrogen) atoms. The van der Waals surface area contributed by atoms with E-state index in [-0.39, 0.29) is 0 Å². The summed E-state index contributed by atoms with van der Waals surface area (Å²) >= 11 is 0. The average Bonchev–Trinajstić information content (AvgIpc) is 2.18. The first-order valence-corrected chi connectivity index (χ1v) is 5.69. The fourth-order valence-corrected chi connectivity index (χ4v) is 2.08. The molecule has 1 aliphatic rings. The van der Waals surface area contributed by atoms with Crippen LogP contribution in [0.25, 0.3) is 0 Å². The van der Waals surface area contributed by atoms with Crippen LogP contribution in [-0.2, 0) is 6.42 Å². The van der Waals surface area contributed by atoms with Crippen LogP contribution >= 0.6 is 0 Å². The van der Waals surface area contributed by atoms with E-state index >= 15 is 0 Å². The predicted molar refractivity (Wildman–Crippen MR) is 65.2 cm³/mol. The molecule has 1 aromatic rings. The minimum Gasteiger partial charge on any atom is -0.313 e. The highest BCUT2D eigenvalue weighted by Gasteiger charge is 2.24. The zero-order valence-electron chi connectivity index (χ0n) is 9.59. The topological polar surface area (TPSA) is 12.0 Å². The smallest absolute Gasteiger partial charge is 0.0137 e. The zero-order chi connectivity index (χ0) is 10.7. The van der Waals surface area contributed by atoms with Crippen molar-refractivity contribution >= 4 is 0 Å². The van der Waals surface area contributed by atoms with E-state index in [0.717, 1.165) is 19.0 Å². The lowest BCUT2D eigenvalue weighted by Gasteiger charge is -2.30. The number of fused-ring (bicyclic) bond motifs is 1. The van der Waals surface area contributed by atoms with Crippen molar-refractivity contribution < 1.29 is 0 Å². The molecule has 0 radical (unpaired) electrons. The second-order valence-corrected chi connectivity index (χ2v) is 4.54. The Hall–Kier alpha value is -1.08. The third-order valence-corrected chi connectivity index (χ3v) is 3.01. The van der Waals surface area contributed by atoms with E-state index in [4.69, 9.17) is 0 Å². The third-order valence-electron chi connectivity index (χ3n) is 3.01. The van der Waals surface area contributed by atoms with Crippen molar-refractivity contribution in [2.45, 2.75) is 26.2 Å². The lowest BCUT2D eigenvalue weighted by molar-refractivity contribution is 0.554. The lowest BCUT2D eigenvalue weighted by atomic mass is 9.77. The van der Waals surface area contributed by atoms with Crippen molar-refractivity contribution in [2.75, 3.05) is 13.1 Å². The summed E-state index contributed by atoms with van der Waals surface area (Å²) in [5.41, 5.74) is 4.46. The molecule has 1 aliphatic carbocycles. The van der Waals surface area contributed by atoms with Gasteiger partial charge in [-0.3, -0.25) is 0 Å². The van der Waals surface area contributed by atoms with Gasteiger partial charge in [0.1, 0.15) is 0 Å². The van der Waals surface area contributed by atoms with Gasteiger partial charge in [-0.2, -0.15) is 0 Å². The van der Waals surface area contributed by atoms with Crippen molar-refractivity contribution in [1.82, 2.24) is 5.32 Å². The van der Waals surface area contributed by atoms with Gasteiger partial charge in [0.25, 0.3) is 0 Å². The molecule has 0 fully saturated rings. The van der Waals surface area contributed by atoms with Crippen molar-refractivity contribution in [1.29, 1.82) is 0 Å². The van der Waals surface area contributed by atoms with Crippen molar-refractivity contribution in [2.24, 2.45) is 0 Å². The summed E-state index contributed by atoms with van der Waals surface area (Å²) in [7, 11) is 0. The standard InChI is InChI=1S/C14H19N/c1-11(2)7-8-15-10-13-9-12-5-3-4-6-14(12)13/h3-7,13,15H,8-10H2,1-2H3. The van der Waals surface area contributed by atoms with Crippen LogP contribution in [0.2, 0.25) is 0 Å². The maximum atomic E-state index is 3.48. The van der Waals surface area contributed by atoms with Crippen molar-refractivity contribution in [3.8, 4) is 0 Å². The van der Waals surface area contributed by atoms with Crippen LogP contribution in [0.3, 0.4) is 0 Å². The second-order valence-electron chi connectivity index (χ2n) is 4.54. The Kier molecular flexibility index (Phi) is 3.22. The van der Waals surface area contributed by atoms with Gasteiger partial charge < -0.3 is 5.32 Å². The van der Waals surface area contributed by atoms with E-state index in [9.17, 15) is 0 Å². The summed E-state index contributed by atoms with van der Waals surface area (Å²) in [4.78, 5) is 0. The average molecular weight is 201 g/mol. The highest BCUT2D eigenvalue weighted by atomic mass is 14.9. The van der Waals surface area contributed by atoms with Gasteiger partial charge in [-0.25, -0.2) is 0 Å². The van der Waals surface area contributed by atoms with E-state index in [1.807, 2.05) is 0 Å². The van der Waals surface area contributed by atoms with E-state index in [0.29, 0.717) is 0 Å². The van der Waals surface area contributed by atoms with Gasteiger partial charge in [-0.15, -0.1) is 0 Å². The molecule has 0 aliphatic heterocycles. The van der Waals surface area contributed by atoms with Crippen molar-refractivity contribution in [3.05, 3.63) is 47.0 Å². The van der Waals surface area contributed by atoms with E-state index in [2.05, 4.69) is 49.5 Å². The molecule has 1 nitrogen and oxygen atoms in total. The summed E-state index contributed by atoms with van der Waals surface area (Å²) in [6.45, 7) is 6.39. The van der Waals surface area contributed by atoms with E-state index in [1.165, 1.54) is 17.6 Å². The Labute approximate surface area is 92.2 Å². The summed E-state index contributed by atoms with van der Waals surface area (Å²) in [6.07, 6.45) is 3.49. The Morgan fingerprint density at radius 3 is 2.93 bits per heavy atom. The van der Waals surface area contributed by atoms with Gasteiger partial charge in [-0.1, -0.05) is 35.9 Å². The monoisotopic (exact) mass is 201 g/mol. The molecular formula is C14H19N. The van der Waals surface area contributed by atoms with Crippen LogP contribution in [0, 0.1) is 0 Å². The number of allylic oxidation sites excluding steroid dienone is 1. The summed E-state index contributed by atoms with van der Waals surface area (Å²) in [5.74, 6) is 0.742. The fraction of sp³-hybridized carbons (Fsp3) is 0.429. The Morgan fingerprint density at radius 1 is 1.40 bits per heavy atom. The second kappa shape index (κ2) is 4.63. The normalized spacial score (nSPS) is 17.9. The predicted octanol–water partition coefficient (Wildman–Crippen LogP) is 2.88. The largest absolute Gasteiger partial charge is 0.313 e. The highest BCUT2D eigenvalue weighted by Crippen LogP contribution is 2.33. The molecule has 0 bridgehead atoms. The van der Waals surface area contributed by atoms with Crippen LogP contribution < -0.4 is 5.32 Å². The lowest BCUT2D eigenvalue weighted by Crippen LogP contribution is -2.29. The Balaban J connectivity index is 1.78. The van der Waals surface area contributed by atoms with Crippen molar-refractivity contribution in [3.63, 3.8) is 0 Å². The molecule has 0 saturated carbocycles. The number of nitrogens with one attached hydrogen (secondary N) is 1. The number of hydrogen-bond acceptors (Lipinski definition) is 1. The molecule has 1 unspecified atom stereocenters.